The van der Waals surface area contributed by atoms with Crippen LogP contribution >= 0.6 is 0 Å². The summed E-state index contributed by atoms with van der Waals surface area (Å²) < 4.78 is 21.9. The lowest BCUT2D eigenvalue weighted by Crippen LogP contribution is -2.46. The maximum atomic E-state index is 13.3. The average molecular weight is 359 g/mol. The van der Waals surface area contributed by atoms with Crippen LogP contribution in [0.25, 0.3) is 0 Å². The Morgan fingerprint density at radius 1 is 1.04 bits per heavy atom. The minimum atomic E-state index is -0.605. The van der Waals surface area contributed by atoms with Gasteiger partial charge in [-0.05, 0) is 18.1 Å². The molecule has 0 N–H and O–H groups in total. The lowest BCUT2D eigenvalue weighted by atomic mass is 9.72. The minimum Gasteiger partial charge on any atom is -0.496 e. The van der Waals surface area contributed by atoms with E-state index >= 15 is 0 Å². The third kappa shape index (κ3) is 2.00. The third-order valence-electron chi connectivity index (χ3n) is 5.53. The van der Waals surface area contributed by atoms with E-state index in [0.29, 0.717) is 23.8 Å². The summed E-state index contributed by atoms with van der Waals surface area (Å²) in [4.78, 5) is 27.7. The SMILES string of the molecule is COC1=C(OC)[C@H]2C(=O)N3CCc4cc(OC)c(OC)c(c43)[C@H]2CC1=O. The number of fused-ring (bicyclic) bond motifs is 2. The molecule has 2 heterocycles. The topological polar surface area (TPSA) is 74.3 Å². The van der Waals surface area contributed by atoms with Crippen molar-refractivity contribution in [2.75, 3.05) is 39.9 Å². The molecule has 7 heteroatoms. The number of carbonyl (C=O) groups is 2. The Labute approximate surface area is 151 Å². The average Bonchev–Trinajstić information content (AvgIpc) is 3.08. The highest BCUT2D eigenvalue weighted by molar-refractivity contribution is 6.07. The molecule has 0 aromatic heterocycles. The summed E-state index contributed by atoms with van der Waals surface area (Å²) in [5, 5.41) is 0. The van der Waals surface area contributed by atoms with Gasteiger partial charge in [0.15, 0.2) is 17.3 Å². The molecule has 1 amide bonds. The van der Waals surface area contributed by atoms with Crippen LogP contribution in [-0.4, -0.2) is 46.7 Å². The number of amides is 1. The van der Waals surface area contributed by atoms with Crippen LogP contribution < -0.4 is 14.4 Å². The molecule has 0 saturated carbocycles. The highest BCUT2D eigenvalue weighted by atomic mass is 16.5. The quantitative estimate of drug-likeness (QED) is 0.816. The molecule has 0 fully saturated rings. The molecule has 1 aromatic rings. The second-order valence-electron chi connectivity index (χ2n) is 6.59. The molecule has 0 spiro atoms. The smallest absolute Gasteiger partial charge is 0.238 e. The van der Waals surface area contributed by atoms with Crippen LogP contribution in [0.15, 0.2) is 17.6 Å². The number of hydrogen-bond acceptors (Lipinski definition) is 6. The Kier molecular flexibility index (Phi) is 3.82. The molecular weight excluding hydrogens is 338 g/mol. The van der Waals surface area contributed by atoms with Gasteiger partial charge in [0, 0.05) is 24.4 Å². The van der Waals surface area contributed by atoms with Gasteiger partial charge in [-0.15, -0.1) is 0 Å². The second-order valence-corrected chi connectivity index (χ2v) is 6.59. The van der Waals surface area contributed by atoms with Crippen LogP contribution in [0.1, 0.15) is 23.5 Å². The van der Waals surface area contributed by atoms with E-state index in [9.17, 15) is 9.59 Å². The predicted octanol–water partition coefficient (Wildman–Crippen LogP) is 1.78. The van der Waals surface area contributed by atoms with E-state index in [-0.39, 0.29) is 29.8 Å². The Bertz CT molecular complexity index is 843. The number of methoxy groups -OCH3 is 4. The van der Waals surface area contributed by atoms with Crippen molar-refractivity contribution < 1.29 is 28.5 Å². The molecule has 7 nitrogen and oxygen atoms in total. The Morgan fingerprint density at radius 3 is 2.42 bits per heavy atom. The van der Waals surface area contributed by atoms with Gasteiger partial charge in [0.2, 0.25) is 17.4 Å². The van der Waals surface area contributed by atoms with E-state index in [1.165, 1.54) is 14.2 Å². The lowest BCUT2D eigenvalue weighted by molar-refractivity contribution is -0.127. The minimum absolute atomic E-state index is 0.0626. The fourth-order valence-electron chi connectivity index (χ4n) is 4.51. The molecule has 3 aliphatic rings. The van der Waals surface area contributed by atoms with Crippen molar-refractivity contribution in [3.63, 3.8) is 0 Å². The van der Waals surface area contributed by atoms with Crippen LogP contribution in [-0.2, 0) is 25.5 Å². The monoisotopic (exact) mass is 359 g/mol. The van der Waals surface area contributed by atoms with Gasteiger partial charge in [0.25, 0.3) is 0 Å². The molecular formula is C19H21NO6. The van der Waals surface area contributed by atoms with Gasteiger partial charge in [-0.2, -0.15) is 0 Å². The first-order valence-corrected chi connectivity index (χ1v) is 8.51. The highest BCUT2D eigenvalue weighted by Crippen LogP contribution is 2.56. The van der Waals surface area contributed by atoms with Crippen LogP contribution in [0, 0.1) is 5.92 Å². The number of benzene rings is 1. The van der Waals surface area contributed by atoms with Gasteiger partial charge >= 0.3 is 0 Å². The number of carbonyl (C=O) groups excluding carboxylic acids is 2. The van der Waals surface area contributed by atoms with E-state index in [4.69, 9.17) is 18.9 Å². The molecule has 0 unspecified atom stereocenters. The molecule has 26 heavy (non-hydrogen) atoms. The van der Waals surface area contributed by atoms with Crippen molar-refractivity contribution in [3.05, 3.63) is 28.7 Å². The Hall–Kier alpha value is -2.70. The molecule has 138 valence electrons. The van der Waals surface area contributed by atoms with Gasteiger partial charge < -0.3 is 23.8 Å². The highest BCUT2D eigenvalue weighted by Gasteiger charge is 2.52. The van der Waals surface area contributed by atoms with Crippen LogP contribution in [0.4, 0.5) is 5.69 Å². The van der Waals surface area contributed by atoms with Gasteiger partial charge in [-0.3, -0.25) is 9.59 Å². The summed E-state index contributed by atoms with van der Waals surface area (Å²) in [5.74, 6) is 0.406. The van der Waals surface area contributed by atoms with Crippen LogP contribution in [0.2, 0.25) is 0 Å². The normalized spacial score (nSPS) is 23.6. The molecule has 0 bridgehead atoms. The molecule has 1 aromatic carbocycles. The number of hydrogen-bond donors (Lipinski definition) is 0. The first-order valence-electron chi connectivity index (χ1n) is 8.51. The van der Waals surface area contributed by atoms with E-state index < -0.39 is 5.92 Å². The van der Waals surface area contributed by atoms with E-state index in [1.807, 2.05) is 6.07 Å². The molecule has 2 aliphatic heterocycles. The van der Waals surface area contributed by atoms with Crippen molar-refractivity contribution in [1.29, 1.82) is 0 Å². The van der Waals surface area contributed by atoms with Gasteiger partial charge in [-0.1, -0.05) is 0 Å². The number of ether oxygens (including phenoxy) is 4. The maximum absolute atomic E-state index is 13.3. The summed E-state index contributed by atoms with van der Waals surface area (Å²) >= 11 is 0. The first-order chi connectivity index (χ1) is 12.6. The van der Waals surface area contributed by atoms with E-state index in [0.717, 1.165) is 23.2 Å². The summed E-state index contributed by atoms with van der Waals surface area (Å²) in [6.07, 6.45) is 0.904. The number of rotatable bonds is 4. The van der Waals surface area contributed by atoms with Gasteiger partial charge in [0.05, 0.1) is 34.1 Å². The first kappa shape index (κ1) is 16.8. The van der Waals surface area contributed by atoms with Crippen molar-refractivity contribution in [1.82, 2.24) is 0 Å². The second kappa shape index (κ2) is 5.93. The number of anilines is 1. The van der Waals surface area contributed by atoms with Crippen LogP contribution in [0.3, 0.4) is 0 Å². The third-order valence-corrected chi connectivity index (χ3v) is 5.53. The molecule has 0 radical (unpaired) electrons. The molecule has 2 atom stereocenters. The maximum Gasteiger partial charge on any atom is 0.238 e. The van der Waals surface area contributed by atoms with E-state index in [2.05, 4.69) is 0 Å². The zero-order valence-corrected chi connectivity index (χ0v) is 15.3. The van der Waals surface area contributed by atoms with E-state index in [1.54, 1.807) is 19.1 Å². The van der Waals surface area contributed by atoms with Crippen molar-refractivity contribution in [3.8, 4) is 11.5 Å². The van der Waals surface area contributed by atoms with Crippen molar-refractivity contribution >= 4 is 17.4 Å². The summed E-state index contributed by atoms with van der Waals surface area (Å²) in [7, 11) is 6.05. The Balaban J connectivity index is 2.01. The van der Waals surface area contributed by atoms with Gasteiger partial charge in [-0.25, -0.2) is 0 Å². The zero-order valence-electron chi connectivity index (χ0n) is 15.3. The standard InChI is InChI=1S/C19H21NO6/c1-23-12-7-9-5-6-20-15(9)13(17(12)25-3)10-8-11(21)16(24-2)18(26-4)14(10)19(20)22/h7,10,14H,5-6,8H2,1-4H3/t10-,14+/m1/s1. The summed E-state index contributed by atoms with van der Waals surface area (Å²) in [6, 6.07) is 1.92. The number of nitrogens with zero attached hydrogens (tertiary/aromatic N) is 1. The fourth-order valence-corrected chi connectivity index (χ4v) is 4.51. The van der Waals surface area contributed by atoms with Gasteiger partial charge in [0.1, 0.15) is 5.92 Å². The number of allylic oxidation sites excluding steroid dienone is 1. The zero-order chi connectivity index (χ0) is 18.6. The number of ketones is 1. The summed E-state index contributed by atoms with van der Waals surface area (Å²) in [5.41, 5.74) is 2.75. The molecule has 4 rings (SSSR count). The molecule has 1 aliphatic carbocycles. The molecule has 0 saturated heterocycles. The van der Waals surface area contributed by atoms with Crippen molar-refractivity contribution in [2.45, 2.75) is 18.8 Å². The fraction of sp³-hybridized carbons (Fsp3) is 0.474. The lowest BCUT2D eigenvalue weighted by Gasteiger charge is -2.41. The summed E-state index contributed by atoms with van der Waals surface area (Å²) in [6.45, 7) is 0.591. The largest absolute Gasteiger partial charge is 0.496 e. The number of Topliss-reactive ketones (excluding diaryl/α,β-unsaturated/α-hetero) is 1. The van der Waals surface area contributed by atoms with Crippen LogP contribution in [0.5, 0.6) is 11.5 Å². The Morgan fingerprint density at radius 2 is 1.81 bits per heavy atom. The predicted molar refractivity (Wildman–Crippen MR) is 92.5 cm³/mol. The van der Waals surface area contributed by atoms with Crippen molar-refractivity contribution in [2.24, 2.45) is 5.92 Å².